The van der Waals surface area contributed by atoms with E-state index in [4.69, 9.17) is 5.26 Å². The summed E-state index contributed by atoms with van der Waals surface area (Å²) in [5, 5.41) is 12.4. The molecule has 5 nitrogen and oxygen atoms in total. The Bertz CT molecular complexity index is 553. The van der Waals surface area contributed by atoms with Gasteiger partial charge in [-0.1, -0.05) is 30.3 Å². The molecule has 0 N–H and O–H groups in total. The highest BCUT2D eigenvalue weighted by Gasteiger charge is 2.06. The molecule has 1 aromatic carbocycles. The van der Waals surface area contributed by atoms with Crippen LogP contribution in [0.5, 0.6) is 0 Å². The summed E-state index contributed by atoms with van der Waals surface area (Å²) < 4.78 is 1.38. The smallest absolute Gasteiger partial charge is 0.252 e. The zero-order valence-corrected chi connectivity index (χ0v) is 9.08. The van der Waals surface area contributed by atoms with E-state index in [9.17, 15) is 4.79 Å². The number of carbonyl (C=O) groups is 1. The molecule has 0 fully saturated rings. The van der Waals surface area contributed by atoms with E-state index >= 15 is 0 Å². The Kier molecular flexibility index (Phi) is 3.26. The molecule has 0 radical (unpaired) electrons. The monoisotopic (exact) mass is 226 g/mol. The summed E-state index contributed by atoms with van der Waals surface area (Å²) >= 11 is 0. The lowest BCUT2D eigenvalue weighted by Gasteiger charge is -2.00. The third kappa shape index (κ3) is 2.98. The predicted octanol–water partition coefficient (Wildman–Crippen LogP) is 0.962. The summed E-state index contributed by atoms with van der Waals surface area (Å²) in [4.78, 5) is 15.4. The number of ketones is 1. The average Bonchev–Trinajstić information content (AvgIpc) is 2.78. The second-order valence-corrected chi connectivity index (χ2v) is 3.58. The van der Waals surface area contributed by atoms with Crippen LogP contribution >= 0.6 is 0 Å². The maximum absolute atomic E-state index is 11.7. The van der Waals surface area contributed by atoms with Crippen LogP contribution in [0.4, 0.5) is 0 Å². The number of nitrogens with zero attached hydrogens (tertiary/aromatic N) is 4. The lowest BCUT2D eigenvalue weighted by molar-refractivity contribution is -0.119. The number of Topliss-reactive ketones (excluding diaryl/α,β-unsaturated/α-hetero) is 1. The molecule has 0 atom stereocenters. The van der Waals surface area contributed by atoms with Crippen molar-refractivity contribution in [3.63, 3.8) is 0 Å². The molecule has 0 aliphatic rings. The third-order valence-corrected chi connectivity index (χ3v) is 2.22. The number of rotatable bonds is 4. The number of carbonyl (C=O) groups excluding carboxylic acids is 1. The van der Waals surface area contributed by atoms with Crippen molar-refractivity contribution >= 4 is 5.78 Å². The van der Waals surface area contributed by atoms with Crippen LogP contribution < -0.4 is 0 Å². The molecule has 84 valence electrons. The van der Waals surface area contributed by atoms with Gasteiger partial charge in [0, 0.05) is 6.42 Å². The Morgan fingerprint density at radius 2 is 2.12 bits per heavy atom. The largest absolute Gasteiger partial charge is 0.297 e. The van der Waals surface area contributed by atoms with Crippen molar-refractivity contribution in [3.05, 3.63) is 48.0 Å². The van der Waals surface area contributed by atoms with Gasteiger partial charge in [0.2, 0.25) is 0 Å². The molecule has 0 aliphatic heterocycles. The maximum atomic E-state index is 11.7. The van der Waals surface area contributed by atoms with Crippen molar-refractivity contribution in [1.82, 2.24) is 14.8 Å². The fourth-order valence-electron chi connectivity index (χ4n) is 1.48. The van der Waals surface area contributed by atoms with Gasteiger partial charge in [-0.05, 0) is 5.56 Å². The summed E-state index contributed by atoms with van der Waals surface area (Å²) in [6, 6.07) is 11.3. The molecule has 0 unspecified atom stereocenters. The standard InChI is InChI=1S/C12H10N4O/c13-7-12-14-9-16(15-12)8-11(17)6-10-4-2-1-3-5-10/h1-5,9H,6,8H2. The molecular formula is C12H10N4O. The highest BCUT2D eigenvalue weighted by Crippen LogP contribution is 2.01. The van der Waals surface area contributed by atoms with Crippen molar-refractivity contribution in [1.29, 1.82) is 5.26 Å². The van der Waals surface area contributed by atoms with Gasteiger partial charge in [0.25, 0.3) is 5.82 Å². The van der Waals surface area contributed by atoms with E-state index in [-0.39, 0.29) is 18.2 Å². The first-order chi connectivity index (χ1) is 8.28. The van der Waals surface area contributed by atoms with E-state index in [1.54, 1.807) is 0 Å². The van der Waals surface area contributed by atoms with E-state index in [0.717, 1.165) is 5.56 Å². The Balaban J connectivity index is 1.96. The number of nitriles is 1. The van der Waals surface area contributed by atoms with E-state index in [1.807, 2.05) is 36.4 Å². The van der Waals surface area contributed by atoms with Crippen LogP contribution in [0.3, 0.4) is 0 Å². The molecule has 0 amide bonds. The van der Waals surface area contributed by atoms with Gasteiger partial charge in [-0.2, -0.15) is 5.26 Å². The highest BCUT2D eigenvalue weighted by molar-refractivity contribution is 5.80. The van der Waals surface area contributed by atoms with Gasteiger partial charge in [-0.3, -0.25) is 4.79 Å². The summed E-state index contributed by atoms with van der Waals surface area (Å²) in [7, 11) is 0. The second kappa shape index (κ2) is 5.03. The van der Waals surface area contributed by atoms with E-state index in [1.165, 1.54) is 11.0 Å². The zero-order valence-electron chi connectivity index (χ0n) is 9.08. The van der Waals surface area contributed by atoms with E-state index in [2.05, 4.69) is 10.1 Å². The molecule has 0 aliphatic carbocycles. The molecular weight excluding hydrogens is 216 g/mol. The summed E-state index contributed by atoms with van der Waals surface area (Å²) in [6.07, 6.45) is 1.75. The molecule has 5 heteroatoms. The quantitative estimate of drug-likeness (QED) is 0.778. The fraction of sp³-hybridized carbons (Fsp3) is 0.167. The number of hydrogen-bond acceptors (Lipinski definition) is 4. The van der Waals surface area contributed by atoms with Gasteiger partial charge in [0.1, 0.15) is 18.9 Å². The summed E-state index contributed by atoms with van der Waals surface area (Å²) in [5.74, 6) is 0.114. The van der Waals surface area contributed by atoms with Gasteiger partial charge in [-0.15, -0.1) is 5.10 Å². The minimum Gasteiger partial charge on any atom is -0.297 e. The van der Waals surface area contributed by atoms with E-state index < -0.39 is 0 Å². The first-order valence-electron chi connectivity index (χ1n) is 5.13. The number of hydrogen-bond donors (Lipinski definition) is 0. The molecule has 0 bridgehead atoms. The Morgan fingerprint density at radius 1 is 1.35 bits per heavy atom. The zero-order chi connectivity index (χ0) is 12.1. The first-order valence-corrected chi connectivity index (χ1v) is 5.13. The van der Waals surface area contributed by atoms with Crippen LogP contribution in [-0.4, -0.2) is 20.5 Å². The SMILES string of the molecule is N#Cc1ncn(CC(=O)Cc2ccccc2)n1. The Morgan fingerprint density at radius 3 is 2.76 bits per heavy atom. The Labute approximate surface area is 98.3 Å². The van der Waals surface area contributed by atoms with Gasteiger partial charge >= 0.3 is 0 Å². The van der Waals surface area contributed by atoms with Crippen LogP contribution in [0.25, 0.3) is 0 Å². The van der Waals surface area contributed by atoms with Gasteiger partial charge in [0.05, 0.1) is 0 Å². The minimum absolute atomic E-state index is 0.0330. The molecule has 2 aromatic rings. The van der Waals surface area contributed by atoms with Crippen LogP contribution in [0.1, 0.15) is 11.4 Å². The first kappa shape index (κ1) is 11.0. The van der Waals surface area contributed by atoms with Gasteiger partial charge in [-0.25, -0.2) is 9.67 Å². The number of aromatic nitrogens is 3. The Hall–Kier alpha value is -2.48. The minimum atomic E-state index is 0.0330. The van der Waals surface area contributed by atoms with Crippen molar-refractivity contribution in [2.45, 2.75) is 13.0 Å². The molecule has 1 aromatic heterocycles. The normalized spacial score (nSPS) is 9.82. The lowest BCUT2D eigenvalue weighted by atomic mass is 10.1. The van der Waals surface area contributed by atoms with Crippen molar-refractivity contribution in [2.75, 3.05) is 0 Å². The molecule has 0 spiro atoms. The van der Waals surface area contributed by atoms with Crippen LogP contribution in [0.15, 0.2) is 36.7 Å². The molecule has 1 heterocycles. The van der Waals surface area contributed by atoms with Crippen molar-refractivity contribution in [2.24, 2.45) is 0 Å². The van der Waals surface area contributed by atoms with Crippen LogP contribution in [-0.2, 0) is 17.8 Å². The molecule has 0 saturated heterocycles. The third-order valence-electron chi connectivity index (χ3n) is 2.22. The predicted molar refractivity (Wildman–Crippen MR) is 59.9 cm³/mol. The fourth-order valence-corrected chi connectivity index (χ4v) is 1.48. The van der Waals surface area contributed by atoms with Gasteiger partial charge < -0.3 is 0 Å². The van der Waals surface area contributed by atoms with Crippen LogP contribution in [0, 0.1) is 11.3 Å². The highest BCUT2D eigenvalue weighted by atomic mass is 16.1. The summed E-state index contributed by atoms with van der Waals surface area (Å²) in [5.41, 5.74) is 0.970. The van der Waals surface area contributed by atoms with E-state index in [0.29, 0.717) is 6.42 Å². The van der Waals surface area contributed by atoms with Crippen LogP contribution in [0.2, 0.25) is 0 Å². The second-order valence-electron chi connectivity index (χ2n) is 3.58. The van der Waals surface area contributed by atoms with Crippen molar-refractivity contribution < 1.29 is 4.79 Å². The van der Waals surface area contributed by atoms with Crippen molar-refractivity contribution in [3.8, 4) is 6.07 Å². The molecule has 17 heavy (non-hydrogen) atoms. The average molecular weight is 226 g/mol. The number of benzene rings is 1. The maximum Gasteiger partial charge on any atom is 0.252 e. The van der Waals surface area contributed by atoms with Gasteiger partial charge in [0.15, 0.2) is 5.78 Å². The topological polar surface area (TPSA) is 71.6 Å². The molecule has 2 rings (SSSR count). The molecule has 0 saturated carbocycles. The summed E-state index contributed by atoms with van der Waals surface area (Å²) in [6.45, 7) is 0.142. The lowest BCUT2D eigenvalue weighted by Crippen LogP contribution is -2.13.